The van der Waals surface area contributed by atoms with Crippen LogP contribution in [0.15, 0.2) is 18.2 Å². The van der Waals surface area contributed by atoms with Crippen LogP contribution < -0.4 is 5.32 Å². The number of piperidine rings is 1. The molecule has 1 saturated heterocycles. The fourth-order valence-corrected chi connectivity index (χ4v) is 3.13. The molecule has 2 aromatic rings. The number of fused-ring (bicyclic) bond motifs is 1. The lowest BCUT2D eigenvalue weighted by Crippen LogP contribution is -2.35. The fourth-order valence-electron chi connectivity index (χ4n) is 2.15. The Balaban J connectivity index is 1.91. The van der Waals surface area contributed by atoms with Crippen LogP contribution in [0, 0.1) is 5.82 Å². The number of hydrogen-bond donors (Lipinski definition) is 0. The average Bonchev–Trinajstić information content (AvgIpc) is 2.81. The molecule has 0 N–H and O–H groups in total. The highest BCUT2D eigenvalue weighted by molar-refractivity contribution is 7.20. The number of hydrogen-bond acceptors (Lipinski definition) is 3. The Kier molecular flexibility index (Phi) is 3.09. The van der Waals surface area contributed by atoms with Gasteiger partial charge in [0.2, 0.25) is 5.78 Å². The number of Topliss-reactive ketones (excluding diaryl/α,β-unsaturated/α-hetero) is 1. The largest absolute Gasteiger partial charge is 0.290 e. The number of halogens is 1. The van der Waals surface area contributed by atoms with Gasteiger partial charge in [-0.05, 0) is 31.0 Å². The summed E-state index contributed by atoms with van der Waals surface area (Å²) in [4.78, 5) is 16.5. The Labute approximate surface area is 108 Å². The molecule has 0 spiro atoms. The zero-order valence-electron chi connectivity index (χ0n) is 9.73. The molecule has 1 aliphatic heterocycles. The van der Waals surface area contributed by atoms with Gasteiger partial charge in [-0.15, -0.1) is 11.3 Å². The van der Waals surface area contributed by atoms with Gasteiger partial charge in [0.05, 0.1) is 16.3 Å². The number of rotatable bonds is 2. The van der Waals surface area contributed by atoms with Gasteiger partial charge >= 0.3 is 0 Å². The first-order chi connectivity index (χ1) is 8.74. The third-order valence-corrected chi connectivity index (χ3v) is 4.13. The van der Waals surface area contributed by atoms with E-state index in [0.29, 0.717) is 15.2 Å². The van der Waals surface area contributed by atoms with E-state index >= 15 is 0 Å². The first-order valence-corrected chi connectivity index (χ1v) is 6.82. The van der Waals surface area contributed by atoms with Crippen LogP contribution in [0.5, 0.6) is 0 Å². The summed E-state index contributed by atoms with van der Waals surface area (Å²) in [6.45, 7) is 0.760. The number of ketones is 1. The zero-order valence-corrected chi connectivity index (χ0v) is 10.5. The monoisotopic (exact) mass is 263 g/mol. The van der Waals surface area contributed by atoms with Crippen molar-refractivity contribution in [3.05, 3.63) is 29.0 Å². The van der Waals surface area contributed by atoms with Crippen molar-refractivity contribution in [2.75, 3.05) is 6.54 Å². The lowest BCUT2D eigenvalue weighted by molar-refractivity contribution is 0.0924. The third-order valence-electron chi connectivity index (χ3n) is 3.10. The molecule has 1 unspecified atom stereocenters. The molecule has 0 aliphatic carbocycles. The Morgan fingerprint density at radius 1 is 1.39 bits per heavy atom. The maximum absolute atomic E-state index is 13.1. The van der Waals surface area contributed by atoms with Crippen molar-refractivity contribution >= 4 is 27.3 Å². The third kappa shape index (κ3) is 2.15. The SMILES string of the molecule is O=C(c1nc2ccc(F)cc2s1)C1CCCC[N]1. The first-order valence-electron chi connectivity index (χ1n) is 6.01. The average molecular weight is 263 g/mol. The summed E-state index contributed by atoms with van der Waals surface area (Å²) in [7, 11) is 0. The van der Waals surface area contributed by atoms with E-state index in [2.05, 4.69) is 10.3 Å². The van der Waals surface area contributed by atoms with Gasteiger partial charge in [0.25, 0.3) is 0 Å². The summed E-state index contributed by atoms with van der Waals surface area (Å²) >= 11 is 1.25. The van der Waals surface area contributed by atoms with Crippen LogP contribution in [0.4, 0.5) is 4.39 Å². The maximum atomic E-state index is 13.1. The van der Waals surface area contributed by atoms with Crippen molar-refractivity contribution in [3.63, 3.8) is 0 Å². The van der Waals surface area contributed by atoms with Crippen LogP contribution in [0.3, 0.4) is 0 Å². The lowest BCUT2D eigenvalue weighted by Gasteiger charge is -2.18. The van der Waals surface area contributed by atoms with Gasteiger partial charge in [0.15, 0.2) is 5.01 Å². The normalized spacial score (nSPS) is 20.2. The molecule has 1 radical (unpaired) electrons. The van der Waals surface area contributed by atoms with Crippen molar-refractivity contribution in [1.82, 2.24) is 10.3 Å². The Bertz CT molecular complexity index is 590. The van der Waals surface area contributed by atoms with Gasteiger partial charge in [-0.3, -0.25) is 4.79 Å². The van der Waals surface area contributed by atoms with E-state index in [-0.39, 0.29) is 17.6 Å². The summed E-state index contributed by atoms with van der Waals surface area (Å²) in [6.07, 6.45) is 2.91. The molecule has 5 heteroatoms. The van der Waals surface area contributed by atoms with Crippen LogP contribution >= 0.6 is 11.3 Å². The summed E-state index contributed by atoms with van der Waals surface area (Å²) in [6, 6.07) is 4.14. The molecule has 3 nitrogen and oxygen atoms in total. The summed E-state index contributed by atoms with van der Waals surface area (Å²) < 4.78 is 13.8. The van der Waals surface area contributed by atoms with E-state index < -0.39 is 0 Å². The second kappa shape index (κ2) is 4.74. The molecular formula is C13H12FN2OS. The number of aromatic nitrogens is 1. The summed E-state index contributed by atoms with van der Waals surface area (Å²) in [5.41, 5.74) is 0.681. The second-order valence-corrected chi connectivity index (χ2v) is 5.44. The highest BCUT2D eigenvalue weighted by Crippen LogP contribution is 2.25. The predicted molar refractivity (Wildman–Crippen MR) is 68.5 cm³/mol. The van der Waals surface area contributed by atoms with Crippen LogP contribution in [-0.4, -0.2) is 23.4 Å². The van der Waals surface area contributed by atoms with E-state index in [1.807, 2.05) is 0 Å². The van der Waals surface area contributed by atoms with E-state index in [1.165, 1.54) is 23.5 Å². The second-order valence-electron chi connectivity index (χ2n) is 4.41. The molecule has 0 saturated carbocycles. The zero-order chi connectivity index (χ0) is 12.5. The number of thiazole rings is 1. The minimum absolute atomic E-state index is 0.0173. The molecule has 93 valence electrons. The van der Waals surface area contributed by atoms with Gasteiger partial charge in [-0.1, -0.05) is 6.42 Å². The molecule has 0 amide bonds. The Morgan fingerprint density at radius 2 is 2.28 bits per heavy atom. The lowest BCUT2D eigenvalue weighted by atomic mass is 10.0. The number of benzene rings is 1. The topological polar surface area (TPSA) is 44.1 Å². The first kappa shape index (κ1) is 11.7. The maximum Gasteiger partial charge on any atom is 0.209 e. The van der Waals surface area contributed by atoms with Crippen LogP contribution in [-0.2, 0) is 0 Å². The van der Waals surface area contributed by atoms with Gasteiger partial charge in [0.1, 0.15) is 5.82 Å². The van der Waals surface area contributed by atoms with Gasteiger partial charge in [-0.2, -0.15) is 0 Å². The van der Waals surface area contributed by atoms with Crippen LogP contribution in [0.1, 0.15) is 29.1 Å². The van der Waals surface area contributed by atoms with Crippen molar-refractivity contribution in [2.24, 2.45) is 0 Å². The van der Waals surface area contributed by atoms with E-state index in [9.17, 15) is 9.18 Å². The van der Waals surface area contributed by atoms with E-state index in [4.69, 9.17) is 0 Å². The van der Waals surface area contributed by atoms with Gasteiger partial charge < -0.3 is 0 Å². The molecule has 1 aromatic heterocycles. The van der Waals surface area contributed by atoms with Crippen molar-refractivity contribution in [3.8, 4) is 0 Å². The molecule has 1 fully saturated rings. The molecule has 1 aromatic carbocycles. The van der Waals surface area contributed by atoms with Crippen LogP contribution in [0.2, 0.25) is 0 Å². The Morgan fingerprint density at radius 3 is 3.06 bits per heavy atom. The summed E-state index contributed by atoms with van der Waals surface area (Å²) in [5, 5.41) is 4.79. The highest BCUT2D eigenvalue weighted by atomic mass is 32.1. The van der Waals surface area contributed by atoms with E-state index in [0.717, 1.165) is 25.8 Å². The molecule has 2 heterocycles. The van der Waals surface area contributed by atoms with Crippen molar-refractivity contribution in [2.45, 2.75) is 25.3 Å². The van der Waals surface area contributed by atoms with Crippen LogP contribution in [0.25, 0.3) is 10.2 Å². The predicted octanol–water partition coefficient (Wildman–Crippen LogP) is 2.78. The minimum atomic E-state index is -0.299. The molecule has 18 heavy (non-hydrogen) atoms. The standard InChI is InChI=1S/C13H12FN2OS/c14-8-4-5-9-11(7-8)18-13(16-9)12(17)10-3-1-2-6-15-10/h4-5,7,10H,1-3,6H2. The summed E-state index contributed by atoms with van der Waals surface area (Å²) in [5.74, 6) is -0.316. The number of carbonyl (C=O) groups is 1. The van der Waals surface area contributed by atoms with Gasteiger partial charge in [0, 0.05) is 6.54 Å². The van der Waals surface area contributed by atoms with Crippen molar-refractivity contribution < 1.29 is 9.18 Å². The van der Waals surface area contributed by atoms with Crippen molar-refractivity contribution in [1.29, 1.82) is 0 Å². The Hall–Kier alpha value is -1.33. The molecule has 1 aliphatic rings. The smallest absolute Gasteiger partial charge is 0.209 e. The minimum Gasteiger partial charge on any atom is -0.290 e. The highest BCUT2D eigenvalue weighted by Gasteiger charge is 2.25. The molecule has 0 bridgehead atoms. The molecule has 1 atom stereocenters. The quantitative estimate of drug-likeness (QED) is 0.782. The number of carbonyl (C=O) groups excluding carboxylic acids is 1. The number of nitrogens with zero attached hydrogens (tertiary/aromatic N) is 2. The molecular weight excluding hydrogens is 251 g/mol. The van der Waals surface area contributed by atoms with Gasteiger partial charge in [-0.25, -0.2) is 14.7 Å². The van der Waals surface area contributed by atoms with E-state index in [1.54, 1.807) is 6.07 Å². The fraction of sp³-hybridized carbons (Fsp3) is 0.385. The molecule has 3 rings (SSSR count).